The molecule has 4 aromatic rings. The molecule has 0 aliphatic carbocycles. The van der Waals surface area contributed by atoms with Crippen LogP contribution in [0.15, 0.2) is 97.1 Å². The molecule has 4 N–H and O–H groups in total. The van der Waals surface area contributed by atoms with E-state index in [1.807, 2.05) is 66.7 Å². The Hall–Kier alpha value is -3.92. The molecule has 40 heavy (non-hydrogen) atoms. The third kappa shape index (κ3) is 14.3. The summed E-state index contributed by atoms with van der Waals surface area (Å²) in [5, 5.41) is 36.5. The van der Waals surface area contributed by atoms with Gasteiger partial charge in [-0.3, -0.25) is 0 Å². The summed E-state index contributed by atoms with van der Waals surface area (Å²) >= 11 is 0. The highest BCUT2D eigenvalue weighted by atomic mass is 16.3. The van der Waals surface area contributed by atoms with Crippen LogP contribution in [0.3, 0.4) is 0 Å². The summed E-state index contributed by atoms with van der Waals surface area (Å²) in [5.74, 6) is 1.94. The molecule has 216 valence electrons. The Bertz CT molecular complexity index is 1200. The smallest absolute Gasteiger partial charge is 0.119 e. The fourth-order valence-corrected chi connectivity index (χ4v) is 3.92. The second kappa shape index (κ2) is 20.0. The van der Waals surface area contributed by atoms with Gasteiger partial charge >= 0.3 is 0 Å². The number of hydrogen-bond acceptors (Lipinski definition) is 4. The zero-order valence-electron chi connectivity index (χ0n) is 24.8. The lowest BCUT2D eigenvalue weighted by atomic mass is 10.0. The van der Waals surface area contributed by atoms with Crippen molar-refractivity contribution in [3.8, 4) is 23.0 Å². The fourth-order valence-electron chi connectivity index (χ4n) is 3.92. The predicted octanol–water partition coefficient (Wildman–Crippen LogP) is 9.55. The van der Waals surface area contributed by atoms with Crippen molar-refractivity contribution in [2.45, 2.75) is 79.1 Å². The van der Waals surface area contributed by atoms with Gasteiger partial charge in [-0.25, -0.2) is 0 Å². The number of benzene rings is 4. The van der Waals surface area contributed by atoms with Gasteiger partial charge in [-0.1, -0.05) is 115 Å². The van der Waals surface area contributed by atoms with E-state index in [2.05, 4.69) is 34.6 Å². The minimum atomic E-state index is 0.347. The molecule has 0 amide bonds. The van der Waals surface area contributed by atoms with E-state index < -0.39 is 0 Å². The third-order valence-electron chi connectivity index (χ3n) is 5.99. The highest BCUT2D eigenvalue weighted by Crippen LogP contribution is 2.23. The first-order valence-corrected chi connectivity index (χ1v) is 14.3. The molecule has 0 bridgehead atoms. The minimum absolute atomic E-state index is 0.347. The van der Waals surface area contributed by atoms with Gasteiger partial charge in [-0.05, 0) is 83.8 Å². The molecule has 4 aromatic carbocycles. The van der Waals surface area contributed by atoms with Crippen molar-refractivity contribution < 1.29 is 20.4 Å². The monoisotopic (exact) mass is 544 g/mol. The number of aryl methyl sites for hydroxylation is 3. The second-order valence-corrected chi connectivity index (χ2v) is 9.93. The lowest BCUT2D eigenvalue weighted by Crippen LogP contribution is -1.85. The summed E-state index contributed by atoms with van der Waals surface area (Å²) in [7, 11) is 0. The van der Waals surface area contributed by atoms with E-state index in [0.29, 0.717) is 28.9 Å². The van der Waals surface area contributed by atoms with Crippen LogP contribution in [0, 0.1) is 0 Å². The molecule has 0 spiro atoms. The Labute approximate surface area is 241 Å². The van der Waals surface area contributed by atoms with Crippen molar-refractivity contribution >= 4 is 0 Å². The van der Waals surface area contributed by atoms with Gasteiger partial charge in [0.25, 0.3) is 0 Å². The number of para-hydroxylation sites is 2. The fraction of sp³-hybridized carbons (Fsp3) is 0.333. The first kappa shape index (κ1) is 34.1. The molecular formula is C36H48O4. The van der Waals surface area contributed by atoms with Gasteiger partial charge in [-0.2, -0.15) is 0 Å². The number of rotatable bonds is 7. The minimum Gasteiger partial charge on any atom is -0.508 e. The Kier molecular flexibility index (Phi) is 17.1. The number of aromatic hydroxyl groups is 4. The van der Waals surface area contributed by atoms with Crippen molar-refractivity contribution in [2.24, 2.45) is 0 Å². The van der Waals surface area contributed by atoms with Crippen LogP contribution in [0.2, 0.25) is 0 Å². The predicted molar refractivity (Wildman–Crippen MR) is 169 cm³/mol. The van der Waals surface area contributed by atoms with Crippen LogP contribution in [-0.4, -0.2) is 20.4 Å². The van der Waals surface area contributed by atoms with Crippen LogP contribution in [0.5, 0.6) is 23.0 Å². The largest absolute Gasteiger partial charge is 0.508 e. The molecule has 0 aliphatic rings. The van der Waals surface area contributed by atoms with Gasteiger partial charge in [0.1, 0.15) is 23.0 Å². The van der Waals surface area contributed by atoms with Crippen LogP contribution in [0.25, 0.3) is 0 Å². The van der Waals surface area contributed by atoms with Gasteiger partial charge < -0.3 is 20.4 Å². The van der Waals surface area contributed by atoms with Gasteiger partial charge in [0.05, 0.1) is 0 Å². The summed E-state index contributed by atoms with van der Waals surface area (Å²) in [5.41, 5.74) is 4.57. The van der Waals surface area contributed by atoms with Crippen molar-refractivity contribution in [1.29, 1.82) is 0 Å². The number of phenolic OH excluding ortho intramolecular Hbond substituents is 4. The van der Waals surface area contributed by atoms with Crippen molar-refractivity contribution in [3.63, 3.8) is 0 Å². The maximum absolute atomic E-state index is 9.28. The zero-order chi connectivity index (χ0) is 29.8. The van der Waals surface area contributed by atoms with E-state index in [-0.39, 0.29) is 0 Å². The normalized spacial score (nSPS) is 9.85. The van der Waals surface area contributed by atoms with Crippen LogP contribution >= 0.6 is 0 Å². The summed E-state index contributed by atoms with van der Waals surface area (Å²) in [6, 6.07) is 29.7. The van der Waals surface area contributed by atoms with Crippen molar-refractivity contribution in [2.75, 3.05) is 0 Å². The molecule has 0 aromatic heterocycles. The van der Waals surface area contributed by atoms with E-state index in [9.17, 15) is 10.2 Å². The molecule has 0 fully saturated rings. The van der Waals surface area contributed by atoms with E-state index in [0.717, 1.165) is 49.7 Å². The third-order valence-corrected chi connectivity index (χ3v) is 5.99. The summed E-state index contributed by atoms with van der Waals surface area (Å²) in [4.78, 5) is 0. The quantitative estimate of drug-likeness (QED) is 0.187. The van der Waals surface area contributed by atoms with Gasteiger partial charge in [0.15, 0.2) is 0 Å². The van der Waals surface area contributed by atoms with E-state index in [1.54, 1.807) is 30.3 Å². The average Bonchev–Trinajstić information content (AvgIpc) is 2.93. The highest BCUT2D eigenvalue weighted by molar-refractivity contribution is 5.34. The highest BCUT2D eigenvalue weighted by Gasteiger charge is 2.02. The van der Waals surface area contributed by atoms with Crippen LogP contribution in [-0.2, 0) is 19.3 Å². The van der Waals surface area contributed by atoms with E-state index in [1.165, 1.54) is 11.1 Å². The van der Waals surface area contributed by atoms with Crippen LogP contribution < -0.4 is 0 Å². The molecule has 0 saturated heterocycles. The number of phenols is 4. The maximum Gasteiger partial charge on any atom is 0.119 e. The van der Waals surface area contributed by atoms with E-state index >= 15 is 0 Å². The molecule has 4 nitrogen and oxygen atoms in total. The molecule has 0 radical (unpaired) electrons. The SMILES string of the molecule is CC(C)c1ccccc1O.CCCc1ccc(O)cc1.CCCc1cccc(O)c1.CCCc1ccccc1O. The van der Waals surface area contributed by atoms with Crippen LogP contribution in [0.4, 0.5) is 0 Å². The van der Waals surface area contributed by atoms with E-state index in [4.69, 9.17) is 10.2 Å². The lowest BCUT2D eigenvalue weighted by Gasteiger charge is -2.05. The maximum atomic E-state index is 9.28. The van der Waals surface area contributed by atoms with Gasteiger partial charge in [0.2, 0.25) is 0 Å². The second-order valence-electron chi connectivity index (χ2n) is 9.93. The molecule has 0 saturated carbocycles. The molecule has 4 rings (SSSR count). The molecule has 0 atom stereocenters. The van der Waals surface area contributed by atoms with Crippen molar-refractivity contribution in [1.82, 2.24) is 0 Å². The van der Waals surface area contributed by atoms with Gasteiger partial charge in [-0.15, -0.1) is 0 Å². The standard InChI is InChI=1S/4C9H12O/c1-7(2)8-5-3-4-6-9(8)10;1-2-5-8-6-3-4-7-9(8)10;1-2-4-8-5-3-6-9(10)7-8;1-2-3-8-4-6-9(10)7-5-8/h3-7,10H,1-2H3;3-4,6-7,10H,2,5H2,1H3;3,5-7,10H,2,4H2,1H3;4-7,10H,2-3H2,1H3. The molecule has 4 heteroatoms. The summed E-state index contributed by atoms with van der Waals surface area (Å²) in [6.07, 6.45) is 6.48. The zero-order valence-corrected chi connectivity index (χ0v) is 24.8. The first-order valence-electron chi connectivity index (χ1n) is 14.3. The molecule has 0 unspecified atom stereocenters. The molecular weight excluding hydrogens is 496 g/mol. The first-order chi connectivity index (χ1) is 19.2. The summed E-state index contributed by atoms with van der Waals surface area (Å²) in [6.45, 7) is 10.5. The topological polar surface area (TPSA) is 80.9 Å². The Balaban J connectivity index is 0.000000267. The van der Waals surface area contributed by atoms with Crippen LogP contribution in [0.1, 0.15) is 82.1 Å². The Morgan fingerprint density at radius 1 is 0.500 bits per heavy atom. The van der Waals surface area contributed by atoms with Gasteiger partial charge in [0, 0.05) is 0 Å². The van der Waals surface area contributed by atoms with Crippen molar-refractivity contribution in [3.05, 3.63) is 119 Å². The Morgan fingerprint density at radius 3 is 1.55 bits per heavy atom. The molecule has 0 heterocycles. The number of hydrogen-bond donors (Lipinski definition) is 4. The lowest BCUT2D eigenvalue weighted by molar-refractivity contribution is 0.465. The Morgan fingerprint density at radius 2 is 1.05 bits per heavy atom. The average molecular weight is 545 g/mol. The summed E-state index contributed by atoms with van der Waals surface area (Å²) < 4.78 is 0. The molecule has 0 aliphatic heterocycles.